The van der Waals surface area contributed by atoms with Crippen LogP contribution in [-0.2, 0) is 20.9 Å². The van der Waals surface area contributed by atoms with Crippen LogP contribution in [0.25, 0.3) is 0 Å². The summed E-state index contributed by atoms with van der Waals surface area (Å²) < 4.78 is 5.29. The second kappa shape index (κ2) is 8.69. The van der Waals surface area contributed by atoms with Crippen LogP contribution < -0.4 is 0 Å². The molecule has 0 aromatic heterocycles. The highest BCUT2D eigenvalue weighted by Crippen LogP contribution is 2.22. The normalized spacial score (nSPS) is 17.8. The van der Waals surface area contributed by atoms with Crippen molar-refractivity contribution in [2.75, 3.05) is 20.1 Å². The van der Waals surface area contributed by atoms with Crippen LogP contribution in [-0.4, -0.2) is 59.1 Å². The lowest BCUT2D eigenvalue weighted by Crippen LogP contribution is -2.48. The molecule has 1 aliphatic heterocycles. The van der Waals surface area contributed by atoms with Gasteiger partial charge in [0.1, 0.15) is 12.6 Å². The number of rotatable bonds is 6. The van der Waals surface area contributed by atoms with Crippen LogP contribution in [0.15, 0.2) is 30.3 Å². The lowest BCUT2D eigenvalue weighted by Gasteiger charge is -2.29. The minimum atomic E-state index is -1.02. The Morgan fingerprint density at radius 2 is 1.92 bits per heavy atom. The molecule has 2 atom stereocenters. The third-order valence-corrected chi connectivity index (χ3v) is 4.65. The molecular weight excluding hydrogens is 336 g/mol. The highest BCUT2D eigenvalue weighted by Gasteiger charge is 2.37. The molecule has 0 spiro atoms. The van der Waals surface area contributed by atoms with Gasteiger partial charge >= 0.3 is 12.1 Å². The number of hydrogen-bond donors (Lipinski definition) is 1. The van der Waals surface area contributed by atoms with Gasteiger partial charge in [-0.2, -0.15) is 0 Å². The summed E-state index contributed by atoms with van der Waals surface area (Å²) in [6.07, 6.45) is 0.0547. The van der Waals surface area contributed by atoms with Crippen LogP contribution in [0.2, 0.25) is 0 Å². The summed E-state index contributed by atoms with van der Waals surface area (Å²) in [5.41, 5.74) is 0.897. The van der Waals surface area contributed by atoms with E-state index in [1.165, 1.54) is 16.8 Å². The SMILES string of the molecule is CC(C)[C@@H](C(=O)O)N(C)C(=O)C1CCN(C(=O)OCc2ccccc2)C1. The zero-order valence-corrected chi connectivity index (χ0v) is 15.4. The van der Waals surface area contributed by atoms with Crippen LogP contribution in [0.5, 0.6) is 0 Å². The molecule has 1 aliphatic rings. The Kier molecular flexibility index (Phi) is 6.60. The Bertz CT molecular complexity index is 647. The zero-order chi connectivity index (χ0) is 19.3. The Balaban J connectivity index is 1.89. The molecule has 1 saturated heterocycles. The molecule has 0 bridgehead atoms. The van der Waals surface area contributed by atoms with E-state index in [4.69, 9.17) is 4.74 Å². The first-order valence-corrected chi connectivity index (χ1v) is 8.76. The average Bonchev–Trinajstić information content (AvgIpc) is 3.09. The fourth-order valence-corrected chi connectivity index (χ4v) is 3.26. The van der Waals surface area contributed by atoms with E-state index in [1.807, 2.05) is 30.3 Å². The lowest BCUT2D eigenvalue weighted by atomic mass is 10.0. The van der Waals surface area contributed by atoms with Gasteiger partial charge in [0.25, 0.3) is 0 Å². The third-order valence-electron chi connectivity index (χ3n) is 4.65. The van der Waals surface area contributed by atoms with E-state index in [0.717, 1.165) is 5.56 Å². The van der Waals surface area contributed by atoms with E-state index in [-0.39, 0.29) is 25.0 Å². The maximum Gasteiger partial charge on any atom is 0.410 e. The van der Waals surface area contributed by atoms with Crippen molar-refractivity contribution in [3.8, 4) is 0 Å². The van der Waals surface area contributed by atoms with Gasteiger partial charge < -0.3 is 19.6 Å². The van der Waals surface area contributed by atoms with Gasteiger partial charge in [0.05, 0.1) is 5.92 Å². The fourth-order valence-electron chi connectivity index (χ4n) is 3.26. The van der Waals surface area contributed by atoms with Gasteiger partial charge in [-0.05, 0) is 17.9 Å². The number of hydrogen-bond acceptors (Lipinski definition) is 4. The number of carbonyl (C=O) groups is 3. The Hall–Kier alpha value is -2.57. The minimum Gasteiger partial charge on any atom is -0.480 e. The van der Waals surface area contributed by atoms with E-state index in [2.05, 4.69) is 0 Å². The number of ether oxygens (including phenoxy) is 1. The number of likely N-dealkylation sites (tertiary alicyclic amines) is 1. The van der Waals surface area contributed by atoms with Crippen molar-refractivity contribution in [2.45, 2.75) is 32.9 Å². The molecule has 7 heteroatoms. The van der Waals surface area contributed by atoms with Gasteiger partial charge in [-0.1, -0.05) is 44.2 Å². The molecule has 1 unspecified atom stereocenters. The number of nitrogens with zero attached hydrogens (tertiary/aromatic N) is 2. The zero-order valence-electron chi connectivity index (χ0n) is 15.4. The second-order valence-electron chi connectivity index (χ2n) is 6.95. The third kappa shape index (κ3) is 4.74. The van der Waals surface area contributed by atoms with Crippen LogP contribution in [0, 0.1) is 11.8 Å². The number of carboxylic acid groups (broad SMARTS) is 1. The van der Waals surface area contributed by atoms with E-state index in [1.54, 1.807) is 13.8 Å². The maximum absolute atomic E-state index is 12.6. The lowest BCUT2D eigenvalue weighted by molar-refractivity contribution is -0.152. The minimum absolute atomic E-state index is 0.184. The number of aliphatic carboxylic acids is 1. The molecular formula is C19H26N2O5. The molecule has 2 rings (SSSR count). The summed E-state index contributed by atoms with van der Waals surface area (Å²) in [7, 11) is 1.51. The highest BCUT2D eigenvalue weighted by atomic mass is 16.6. The number of benzene rings is 1. The van der Waals surface area contributed by atoms with Crippen molar-refractivity contribution in [2.24, 2.45) is 11.8 Å². The molecule has 1 aromatic rings. The average molecular weight is 362 g/mol. The molecule has 26 heavy (non-hydrogen) atoms. The fraction of sp³-hybridized carbons (Fsp3) is 0.526. The summed E-state index contributed by atoms with van der Waals surface area (Å²) in [5.74, 6) is -1.86. The molecule has 0 saturated carbocycles. The van der Waals surface area contributed by atoms with Crippen molar-refractivity contribution >= 4 is 18.0 Å². The first-order chi connectivity index (χ1) is 12.3. The van der Waals surface area contributed by atoms with Gasteiger partial charge in [-0.3, -0.25) is 4.79 Å². The Morgan fingerprint density at radius 1 is 1.27 bits per heavy atom. The van der Waals surface area contributed by atoms with Gasteiger partial charge in [0.15, 0.2) is 0 Å². The predicted octanol–water partition coefficient (Wildman–Crippen LogP) is 2.21. The van der Waals surface area contributed by atoms with Gasteiger partial charge in [-0.25, -0.2) is 9.59 Å². The molecule has 2 amide bonds. The van der Waals surface area contributed by atoms with E-state index >= 15 is 0 Å². The predicted molar refractivity (Wildman–Crippen MR) is 95.3 cm³/mol. The van der Waals surface area contributed by atoms with E-state index < -0.39 is 24.0 Å². The first kappa shape index (κ1) is 19.8. The smallest absolute Gasteiger partial charge is 0.410 e. The summed E-state index contributed by atoms with van der Waals surface area (Å²) in [6, 6.07) is 8.50. The summed E-state index contributed by atoms with van der Waals surface area (Å²) >= 11 is 0. The molecule has 1 fully saturated rings. The van der Waals surface area contributed by atoms with E-state index in [0.29, 0.717) is 13.0 Å². The molecule has 0 radical (unpaired) electrons. The molecule has 7 nitrogen and oxygen atoms in total. The van der Waals surface area contributed by atoms with Crippen molar-refractivity contribution < 1.29 is 24.2 Å². The summed E-state index contributed by atoms with van der Waals surface area (Å²) in [5, 5.41) is 9.35. The molecule has 1 heterocycles. The molecule has 1 N–H and O–H groups in total. The maximum atomic E-state index is 12.6. The Morgan fingerprint density at radius 3 is 2.50 bits per heavy atom. The topological polar surface area (TPSA) is 87.2 Å². The molecule has 0 aliphatic carbocycles. The second-order valence-corrected chi connectivity index (χ2v) is 6.95. The Labute approximate surface area is 153 Å². The molecule has 142 valence electrons. The first-order valence-electron chi connectivity index (χ1n) is 8.76. The van der Waals surface area contributed by atoms with Crippen molar-refractivity contribution in [1.29, 1.82) is 0 Å². The van der Waals surface area contributed by atoms with Crippen molar-refractivity contribution in [3.63, 3.8) is 0 Å². The number of amides is 2. The van der Waals surface area contributed by atoms with Gasteiger partial charge in [-0.15, -0.1) is 0 Å². The van der Waals surface area contributed by atoms with Gasteiger partial charge in [0, 0.05) is 20.1 Å². The van der Waals surface area contributed by atoms with E-state index in [9.17, 15) is 19.5 Å². The highest BCUT2D eigenvalue weighted by molar-refractivity contribution is 5.86. The number of carboxylic acids is 1. The van der Waals surface area contributed by atoms with Crippen LogP contribution in [0.4, 0.5) is 4.79 Å². The van der Waals surface area contributed by atoms with Crippen molar-refractivity contribution in [1.82, 2.24) is 9.80 Å². The van der Waals surface area contributed by atoms with Crippen LogP contribution >= 0.6 is 0 Å². The summed E-state index contributed by atoms with van der Waals surface area (Å²) in [4.78, 5) is 39.0. The van der Waals surface area contributed by atoms with Crippen LogP contribution in [0.3, 0.4) is 0 Å². The number of likely N-dealkylation sites (N-methyl/N-ethyl adjacent to an activating group) is 1. The van der Waals surface area contributed by atoms with Crippen LogP contribution in [0.1, 0.15) is 25.8 Å². The standard InChI is InChI=1S/C19H26N2O5/c1-13(2)16(18(23)24)20(3)17(22)15-9-10-21(11-15)19(25)26-12-14-7-5-4-6-8-14/h4-8,13,15-16H,9-12H2,1-3H3,(H,23,24)/t15?,16-/m0/s1. The van der Waals surface area contributed by atoms with Gasteiger partial charge in [0.2, 0.25) is 5.91 Å². The monoisotopic (exact) mass is 362 g/mol. The van der Waals surface area contributed by atoms with Crippen molar-refractivity contribution in [3.05, 3.63) is 35.9 Å². The largest absolute Gasteiger partial charge is 0.480 e. The summed E-state index contributed by atoms with van der Waals surface area (Å²) in [6.45, 7) is 4.40. The number of carbonyl (C=O) groups excluding carboxylic acids is 2. The molecule has 1 aromatic carbocycles. The quantitative estimate of drug-likeness (QED) is 0.838.